The molecule has 0 spiro atoms. The molecule has 1 aromatic carbocycles. The summed E-state index contributed by atoms with van der Waals surface area (Å²) in [5.41, 5.74) is 3.88. The summed E-state index contributed by atoms with van der Waals surface area (Å²) < 4.78 is 30.0. The number of benzene rings is 1. The van der Waals surface area contributed by atoms with Gasteiger partial charge < -0.3 is 5.11 Å². The molecule has 0 aliphatic heterocycles. The van der Waals surface area contributed by atoms with Crippen LogP contribution in [0.5, 0.6) is 0 Å². The molecule has 4 aromatic rings. The summed E-state index contributed by atoms with van der Waals surface area (Å²) in [4.78, 5) is 15.5. The molecule has 31 heavy (non-hydrogen) atoms. The zero-order valence-corrected chi connectivity index (χ0v) is 18.2. The van der Waals surface area contributed by atoms with Crippen LogP contribution in [0.25, 0.3) is 22.0 Å². The van der Waals surface area contributed by atoms with Gasteiger partial charge >= 0.3 is 5.97 Å². The normalized spacial score (nSPS) is 11.8. The van der Waals surface area contributed by atoms with E-state index in [1.807, 2.05) is 24.3 Å². The largest absolute Gasteiger partial charge is 0.481 e. The fourth-order valence-corrected chi connectivity index (χ4v) is 5.65. The van der Waals surface area contributed by atoms with Crippen molar-refractivity contribution in [2.45, 2.75) is 31.6 Å². The number of aryl methyl sites for hydroxylation is 3. The molecule has 3 aromatic heterocycles. The third-order valence-electron chi connectivity index (χ3n) is 5.42. The van der Waals surface area contributed by atoms with Crippen molar-refractivity contribution < 1.29 is 18.3 Å². The van der Waals surface area contributed by atoms with Crippen molar-refractivity contribution in [3.8, 4) is 11.1 Å². The van der Waals surface area contributed by atoms with Crippen LogP contribution in [0, 0.1) is 13.8 Å². The third-order valence-corrected chi connectivity index (χ3v) is 7.34. The number of carboxylic acids is 1. The van der Waals surface area contributed by atoms with E-state index in [9.17, 15) is 13.2 Å². The molecular formula is C22H22N4O4S. The van der Waals surface area contributed by atoms with Crippen molar-refractivity contribution in [1.29, 1.82) is 0 Å². The minimum absolute atomic E-state index is 0.0960. The molecule has 1 N–H and O–H groups in total. The Morgan fingerprint density at radius 3 is 2.55 bits per heavy atom. The highest BCUT2D eigenvalue weighted by atomic mass is 32.2. The summed E-state index contributed by atoms with van der Waals surface area (Å²) in [5, 5.41) is 14.1. The number of hydrogen-bond acceptors (Lipinski definition) is 5. The summed E-state index contributed by atoms with van der Waals surface area (Å²) in [6, 6.07) is 9.23. The average Bonchev–Trinajstić information content (AvgIpc) is 3.23. The number of carbonyl (C=O) groups is 1. The fourth-order valence-electron chi connectivity index (χ4n) is 3.84. The van der Waals surface area contributed by atoms with Crippen molar-refractivity contribution in [3.05, 3.63) is 65.9 Å². The molecule has 0 unspecified atom stereocenters. The Hall–Kier alpha value is -3.46. The molecule has 8 nitrogen and oxygen atoms in total. The Labute approximate surface area is 179 Å². The molecule has 0 radical (unpaired) electrons. The molecule has 4 rings (SSSR count). The first-order chi connectivity index (χ1) is 14.7. The van der Waals surface area contributed by atoms with Crippen LogP contribution in [0.15, 0.2) is 53.8 Å². The van der Waals surface area contributed by atoms with Gasteiger partial charge in [-0.1, -0.05) is 12.1 Å². The van der Waals surface area contributed by atoms with Crippen LogP contribution in [0.4, 0.5) is 0 Å². The van der Waals surface area contributed by atoms with Gasteiger partial charge in [-0.2, -0.15) is 5.10 Å². The van der Waals surface area contributed by atoms with E-state index in [-0.39, 0.29) is 17.7 Å². The molecule has 0 aliphatic rings. The van der Waals surface area contributed by atoms with Gasteiger partial charge in [0, 0.05) is 43.0 Å². The van der Waals surface area contributed by atoms with Gasteiger partial charge in [-0.15, -0.1) is 0 Å². The Morgan fingerprint density at radius 1 is 1.16 bits per heavy atom. The van der Waals surface area contributed by atoms with Crippen LogP contribution in [-0.2, 0) is 28.3 Å². The van der Waals surface area contributed by atoms with Gasteiger partial charge in [-0.25, -0.2) is 12.4 Å². The standard InChI is InChI=1S/C22H22N4O4S/c1-14-22(15(2)25(3)24-14)31(29,30)26-13-18(7-9-21(27)28)19-11-16(6-8-20(19)26)17-5-4-10-23-12-17/h4-6,8,10-13H,7,9H2,1-3H3,(H,27,28). The Kier molecular flexibility index (Phi) is 5.14. The van der Waals surface area contributed by atoms with E-state index in [2.05, 4.69) is 10.1 Å². The summed E-state index contributed by atoms with van der Waals surface area (Å²) >= 11 is 0. The van der Waals surface area contributed by atoms with Crippen molar-refractivity contribution in [2.24, 2.45) is 7.05 Å². The van der Waals surface area contributed by atoms with Gasteiger partial charge in [0.2, 0.25) is 0 Å². The quantitative estimate of drug-likeness (QED) is 0.495. The van der Waals surface area contributed by atoms with Gasteiger partial charge in [0.1, 0.15) is 4.90 Å². The number of pyridine rings is 1. The second kappa shape index (κ2) is 7.66. The lowest BCUT2D eigenvalue weighted by Gasteiger charge is -2.09. The number of nitrogens with zero attached hydrogens (tertiary/aromatic N) is 4. The zero-order valence-electron chi connectivity index (χ0n) is 17.4. The molecule has 0 saturated heterocycles. The van der Waals surface area contributed by atoms with Crippen LogP contribution in [0.3, 0.4) is 0 Å². The van der Waals surface area contributed by atoms with Crippen LogP contribution >= 0.6 is 0 Å². The second-order valence-corrected chi connectivity index (χ2v) is 9.20. The van der Waals surface area contributed by atoms with Crippen molar-refractivity contribution >= 4 is 26.9 Å². The topological polar surface area (TPSA) is 107 Å². The lowest BCUT2D eigenvalue weighted by atomic mass is 10.0. The van der Waals surface area contributed by atoms with Gasteiger partial charge in [0.25, 0.3) is 10.0 Å². The molecule has 160 valence electrons. The van der Waals surface area contributed by atoms with E-state index < -0.39 is 16.0 Å². The van der Waals surface area contributed by atoms with E-state index in [0.29, 0.717) is 27.9 Å². The summed E-state index contributed by atoms with van der Waals surface area (Å²) in [7, 11) is -2.23. The molecular weight excluding hydrogens is 416 g/mol. The van der Waals surface area contributed by atoms with Crippen molar-refractivity contribution in [3.63, 3.8) is 0 Å². The van der Waals surface area contributed by atoms with E-state index in [4.69, 9.17) is 5.11 Å². The van der Waals surface area contributed by atoms with Crippen molar-refractivity contribution in [2.75, 3.05) is 0 Å². The third kappa shape index (κ3) is 3.61. The highest BCUT2D eigenvalue weighted by Gasteiger charge is 2.28. The van der Waals surface area contributed by atoms with Crippen LogP contribution in [0.1, 0.15) is 23.4 Å². The zero-order chi connectivity index (χ0) is 22.3. The van der Waals surface area contributed by atoms with Crippen molar-refractivity contribution in [1.82, 2.24) is 18.7 Å². The Morgan fingerprint density at radius 2 is 1.94 bits per heavy atom. The fraction of sp³-hybridized carbons (Fsp3) is 0.227. The maximum absolute atomic E-state index is 13.6. The molecule has 0 amide bonds. The predicted octanol–water partition coefficient (Wildman–Crippen LogP) is 3.31. The summed E-state index contributed by atoms with van der Waals surface area (Å²) in [5.74, 6) is -0.939. The van der Waals surface area contributed by atoms with Gasteiger partial charge in [-0.05, 0) is 49.6 Å². The average molecular weight is 439 g/mol. The van der Waals surface area contributed by atoms with E-state index in [1.54, 1.807) is 44.0 Å². The number of carboxylic acid groups (broad SMARTS) is 1. The lowest BCUT2D eigenvalue weighted by molar-refractivity contribution is -0.136. The maximum Gasteiger partial charge on any atom is 0.303 e. The highest BCUT2D eigenvalue weighted by molar-refractivity contribution is 7.90. The lowest BCUT2D eigenvalue weighted by Crippen LogP contribution is -2.14. The molecule has 0 saturated carbocycles. The summed E-state index contributed by atoms with van der Waals surface area (Å²) in [6.07, 6.45) is 5.06. The van der Waals surface area contributed by atoms with Crippen LogP contribution in [-0.4, -0.2) is 38.2 Å². The second-order valence-electron chi connectivity index (χ2n) is 7.45. The first-order valence-corrected chi connectivity index (χ1v) is 11.2. The molecule has 0 atom stereocenters. The first-order valence-electron chi connectivity index (χ1n) is 9.72. The molecule has 0 fully saturated rings. The monoisotopic (exact) mass is 438 g/mol. The number of aliphatic carboxylic acids is 1. The SMILES string of the molecule is Cc1nn(C)c(C)c1S(=O)(=O)n1cc(CCC(=O)O)c2cc(-c3cccnc3)ccc21. The number of fused-ring (bicyclic) bond motifs is 1. The molecule has 3 heterocycles. The van der Waals surface area contributed by atoms with Gasteiger partial charge in [0.05, 0.1) is 16.9 Å². The Balaban J connectivity index is 1.94. The van der Waals surface area contributed by atoms with E-state index in [0.717, 1.165) is 11.1 Å². The molecule has 0 aliphatic carbocycles. The number of rotatable bonds is 6. The summed E-state index contributed by atoms with van der Waals surface area (Å²) in [6.45, 7) is 3.38. The highest BCUT2D eigenvalue weighted by Crippen LogP contribution is 2.32. The molecule has 0 bridgehead atoms. The number of hydrogen-bond donors (Lipinski definition) is 1. The van der Waals surface area contributed by atoms with Crippen LogP contribution < -0.4 is 0 Å². The first kappa shape index (κ1) is 20.8. The van der Waals surface area contributed by atoms with Gasteiger partial charge in [0.15, 0.2) is 0 Å². The van der Waals surface area contributed by atoms with Crippen LogP contribution in [0.2, 0.25) is 0 Å². The predicted molar refractivity (Wildman–Crippen MR) is 116 cm³/mol. The minimum Gasteiger partial charge on any atom is -0.481 e. The molecule has 9 heteroatoms. The minimum atomic E-state index is -3.93. The Bertz CT molecular complexity index is 1400. The maximum atomic E-state index is 13.6. The van der Waals surface area contributed by atoms with Gasteiger partial charge in [-0.3, -0.25) is 14.5 Å². The van der Waals surface area contributed by atoms with E-state index in [1.165, 1.54) is 10.2 Å². The van der Waals surface area contributed by atoms with E-state index >= 15 is 0 Å². The smallest absolute Gasteiger partial charge is 0.303 e. The number of aromatic nitrogens is 4.